The van der Waals surface area contributed by atoms with E-state index in [-0.39, 0.29) is 40.9 Å². The van der Waals surface area contributed by atoms with Crippen molar-refractivity contribution in [2.24, 2.45) is 0 Å². The number of ketones is 1. The van der Waals surface area contributed by atoms with Crippen LogP contribution >= 0.6 is 0 Å². The van der Waals surface area contributed by atoms with Gasteiger partial charge in [-0.1, -0.05) is 62.4 Å². The van der Waals surface area contributed by atoms with Gasteiger partial charge in [-0.15, -0.1) is 5.10 Å². The Morgan fingerprint density at radius 3 is 2.09 bits per heavy atom. The smallest absolute Gasteiger partial charge is 0.393 e. The second-order valence-electron chi connectivity index (χ2n) is 12.2. The van der Waals surface area contributed by atoms with Crippen LogP contribution in [0.15, 0.2) is 72.0 Å². The topological polar surface area (TPSA) is 119 Å². The number of nitrogens with one attached hydrogen (secondary N) is 1. The number of Topliss-reactive ketones (excluding diaryl/α,β-unsaturated/α-hetero) is 1. The highest BCUT2D eigenvalue weighted by Crippen LogP contribution is 2.43. The number of rotatable bonds is 10. The molecule has 9 nitrogen and oxygen atoms in total. The number of sulfonamides is 1. The summed E-state index contributed by atoms with van der Waals surface area (Å²) in [5.41, 5.74) is 1.04. The van der Waals surface area contributed by atoms with Gasteiger partial charge in [0.15, 0.2) is 17.4 Å². The Morgan fingerprint density at radius 1 is 0.978 bits per heavy atom. The maximum Gasteiger partial charge on any atom is 0.393 e. The number of carbonyl (C=O) groups excluding carboxylic acids is 2. The number of nitrogens with zero attached hydrogens (tertiary/aromatic N) is 3. The molecule has 1 unspecified atom stereocenters. The molecule has 240 valence electrons. The Bertz CT molecular complexity index is 1700. The lowest BCUT2D eigenvalue weighted by molar-refractivity contribution is -0.127. The number of carbonyl (C=O) groups is 2. The van der Waals surface area contributed by atoms with Gasteiger partial charge in [0.25, 0.3) is 5.91 Å². The van der Waals surface area contributed by atoms with E-state index in [1.807, 2.05) is 26.0 Å². The zero-order chi connectivity index (χ0) is 33.3. The zero-order valence-corrected chi connectivity index (χ0v) is 26.6. The molecule has 13 heteroatoms. The summed E-state index contributed by atoms with van der Waals surface area (Å²) >= 11 is 0. The Labute approximate surface area is 260 Å². The van der Waals surface area contributed by atoms with E-state index < -0.39 is 46.0 Å². The van der Waals surface area contributed by atoms with Gasteiger partial charge in [-0.05, 0) is 55.5 Å². The molecule has 3 aromatic rings. The summed E-state index contributed by atoms with van der Waals surface area (Å²) in [4.78, 5) is 29.6. The van der Waals surface area contributed by atoms with E-state index in [0.717, 1.165) is 11.8 Å². The number of hydrogen-bond acceptors (Lipinski definition) is 7. The van der Waals surface area contributed by atoms with Crippen LogP contribution in [0, 0.1) is 0 Å². The molecular formula is C32H35F3N4O5S. The van der Waals surface area contributed by atoms with E-state index in [1.165, 1.54) is 41.3 Å². The van der Waals surface area contributed by atoms with E-state index in [1.54, 1.807) is 32.9 Å². The number of alkyl halides is 3. The molecule has 1 aromatic heterocycles. The molecule has 2 heterocycles. The van der Waals surface area contributed by atoms with Crippen molar-refractivity contribution in [1.82, 2.24) is 14.9 Å². The first-order valence-electron chi connectivity index (χ1n) is 14.2. The summed E-state index contributed by atoms with van der Waals surface area (Å²) in [6.07, 6.45) is -4.56. The first-order chi connectivity index (χ1) is 20.8. The molecule has 1 N–H and O–H groups in total. The molecule has 0 spiro atoms. The molecule has 0 fully saturated rings. The number of ether oxygens (including phenoxy) is 1. The minimum absolute atomic E-state index is 0.000382. The highest BCUT2D eigenvalue weighted by atomic mass is 32.2. The predicted octanol–water partition coefficient (Wildman–Crippen LogP) is 5.79. The molecule has 2 aromatic carbocycles. The van der Waals surface area contributed by atoms with Crippen molar-refractivity contribution in [3.8, 4) is 0 Å². The third kappa shape index (κ3) is 8.54. The number of anilines is 1. The largest absolute Gasteiger partial charge is 0.482 e. The van der Waals surface area contributed by atoms with E-state index in [9.17, 15) is 31.2 Å². The molecule has 4 rings (SSSR count). The standard InChI is InChI=1S/C32H35F3N4O5S/c1-19(2)21-11-13-23(14-12-21)28(40)26-27(22-9-7-20(8-10-22)17-32(33,34)35)39(30(41)29(26)44-31(3,4)5)25-16-15-24(37-38-25)18-36-45(6,42)43/h7-16,19,27,36H,17-18H2,1-6H3. The number of benzene rings is 2. The fourth-order valence-corrected chi connectivity index (χ4v) is 5.19. The first-order valence-corrected chi connectivity index (χ1v) is 16.1. The molecule has 1 atom stereocenters. The fourth-order valence-electron chi connectivity index (χ4n) is 4.78. The second-order valence-corrected chi connectivity index (χ2v) is 14.0. The van der Waals surface area contributed by atoms with Gasteiger partial charge in [-0.3, -0.25) is 14.5 Å². The van der Waals surface area contributed by atoms with Gasteiger partial charge in [-0.25, -0.2) is 13.1 Å². The van der Waals surface area contributed by atoms with Crippen molar-refractivity contribution in [2.75, 3.05) is 11.2 Å². The van der Waals surface area contributed by atoms with Crippen LogP contribution in [0.25, 0.3) is 0 Å². The Hall–Kier alpha value is -4.10. The third-order valence-electron chi connectivity index (χ3n) is 6.85. The normalized spacial score (nSPS) is 16.1. The van der Waals surface area contributed by atoms with Gasteiger partial charge in [0, 0.05) is 5.56 Å². The van der Waals surface area contributed by atoms with Crippen molar-refractivity contribution in [3.63, 3.8) is 0 Å². The summed E-state index contributed by atoms with van der Waals surface area (Å²) in [5, 5.41) is 8.22. The van der Waals surface area contributed by atoms with Gasteiger partial charge in [0.2, 0.25) is 10.0 Å². The predicted molar refractivity (Wildman–Crippen MR) is 163 cm³/mol. The highest BCUT2D eigenvalue weighted by molar-refractivity contribution is 7.88. The zero-order valence-electron chi connectivity index (χ0n) is 25.8. The molecule has 0 saturated heterocycles. The van der Waals surface area contributed by atoms with Crippen LogP contribution in [-0.2, 0) is 32.5 Å². The Balaban J connectivity index is 1.86. The summed E-state index contributed by atoms with van der Waals surface area (Å²) < 4.78 is 70.8. The minimum Gasteiger partial charge on any atom is -0.482 e. The Morgan fingerprint density at radius 2 is 1.60 bits per heavy atom. The van der Waals surface area contributed by atoms with Crippen molar-refractivity contribution >= 4 is 27.5 Å². The van der Waals surface area contributed by atoms with Crippen molar-refractivity contribution in [3.05, 3.63) is 99.9 Å². The quantitative estimate of drug-likeness (QED) is 0.278. The van der Waals surface area contributed by atoms with Gasteiger partial charge in [0.05, 0.1) is 36.5 Å². The van der Waals surface area contributed by atoms with Crippen LogP contribution in [-0.4, -0.2) is 48.3 Å². The van der Waals surface area contributed by atoms with Gasteiger partial charge in [0.1, 0.15) is 5.60 Å². The number of hydrogen-bond donors (Lipinski definition) is 1. The number of amides is 1. The van der Waals surface area contributed by atoms with Crippen molar-refractivity contribution in [2.45, 2.75) is 71.3 Å². The third-order valence-corrected chi connectivity index (χ3v) is 7.52. The molecule has 0 radical (unpaired) electrons. The van der Waals surface area contributed by atoms with Crippen LogP contribution in [0.1, 0.15) is 79.3 Å². The molecule has 0 saturated carbocycles. The van der Waals surface area contributed by atoms with Crippen LogP contribution in [0.2, 0.25) is 0 Å². The van der Waals surface area contributed by atoms with E-state index in [2.05, 4.69) is 14.9 Å². The summed E-state index contributed by atoms with van der Waals surface area (Å²) in [6, 6.07) is 14.3. The molecule has 1 amide bonds. The average molecular weight is 645 g/mol. The molecule has 45 heavy (non-hydrogen) atoms. The first kappa shape index (κ1) is 33.8. The van der Waals surface area contributed by atoms with Gasteiger partial charge in [-0.2, -0.15) is 18.3 Å². The molecule has 1 aliphatic rings. The SMILES string of the molecule is CC(C)c1ccc(C(=O)C2=C(OC(C)(C)C)C(=O)N(c3ccc(CNS(C)(=O)=O)nn3)C2c2ccc(CC(F)(F)F)cc2)cc1. The summed E-state index contributed by atoms with van der Waals surface area (Å²) in [6.45, 7) is 9.06. The molecule has 1 aliphatic heterocycles. The van der Waals surface area contributed by atoms with Crippen LogP contribution in [0.4, 0.5) is 19.0 Å². The summed E-state index contributed by atoms with van der Waals surface area (Å²) in [5.74, 6) is -1.15. The van der Waals surface area contributed by atoms with Crippen molar-refractivity contribution in [1.29, 1.82) is 0 Å². The molecular weight excluding hydrogens is 609 g/mol. The summed E-state index contributed by atoms with van der Waals surface area (Å²) in [7, 11) is -3.51. The van der Waals surface area contributed by atoms with Crippen LogP contribution in [0.5, 0.6) is 0 Å². The van der Waals surface area contributed by atoms with E-state index in [4.69, 9.17) is 4.74 Å². The van der Waals surface area contributed by atoms with E-state index in [0.29, 0.717) is 11.1 Å². The van der Waals surface area contributed by atoms with Crippen LogP contribution < -0.4 is 9.62 Å². The van der Waals surface area contributed by atoms with E-state index >= 15 is 0 Å². The van der Waals surface area contributed by atoms with Gasteiger partial charge >= 0.3 is 6.18 Å². The average Bonchev–Trinajstić information content (AvgIpc) is 3.21. The van der Waals surface area contributed by atoms with Crippen LogP contribution in [0.3, 0.4) is 0 Å². The monoisotopic (exact) mass is 644 g/mol. The fraction of sp³-hybridized carbons (Fsp3) is 0.375. The lowest BCUT2D eigenvalue weighted by Gasteiger charge is -2.26. The lowest BCUT2D eigenvalue weighted by atomic mass is 9.91. The van der Waals surface area contributed by atoms with Crippen molar-refractivity contribution < 1.29 is 35.9 Å². The highest BCUT2D eigenvalue weighted by Gasteiger charge is 2.47. The molecule has 0 bridgehead atoms. The Kier molecular flexibility index (Phi) is 9.55. The number of halogens is 3. The number of aromatic nitrogens is 2. The molecule has 0 aliphatic carbocycles. The maximum absolute atomic E-state index is 14.3. The van der Waals surface area contributed by atoms with Gasteiger partial charge < -0.3 is 4.74 Å². The maximum atomic E-state index is 14.3. The second kappa shape index (κ2) is 12.7. The lowest BCUT2D eigenvalue weighted by Crippen LogP contribution is -2.33. The minimum atomic E-state index is -4.42.